The fourth-order valence-corrected chi connectivity index (χ4v) is 2.67. The first-order valence-electron chi connectivity index (χ1n) is 8.11. The average molecular weight is 341 g/mol. The monoisotopic (exact) mass is 341 g/mol. The van der Waals surface area contributed by atoms with Gasteiger partial charge in [0.15, 0.2) is 0 Å². The number of amides is 1. The van der Waals surface area contributed by atoms with Gasteiger partial charge in [-0.05, 0) is 49.2 Å². The number of nitrogens with one attached hydrogen (secondary N) is 1. The lowest BCUT2D eigenvalue weighted by molar-refractivity contribution is 0.0679. The molecule has 0 spiro atoms. The summed E-state index contributed by atoms with van der Waals surface area (Å²) in [6.07, 6.45) is 2.22. The third kappa shape index (κ3) is 4.36. The molecule has 1 fully saturated rings. The van der Waals surface area contributed by atoms with E-state index in [9.17, 15) is 9.59 Å². The van der Waals surface area contributed by atoms with Gasteiger partial charge in [-0.25, -0.2) is 4.79 Å². The zero-order valence-electron chi connectivity index (χ0n) is 13.6. The molecule has 0 saturated carbocycles. The second-order valence-electron chi connectivity index (χ2n) is 5.78. The molecule has 0 radical (unpaired) electrons. The number of ether oxygens (including phenoxy) is 2. The Kier molecular flexibility index (Phi) is 5.30. The molecule has 130 valence electrons. The van der Waals surface area contributed by atoms with Crippen LogP contribution < -0.4 is 10.1 Å². The van der Waals surface area contributed by atoms with Crippen LogP contribution in [0, 0.1) is 0 Å². The van der Waals surface area contributed by atoms with E-state index in [1.54, 1.807) is 36.4 Å². The van der Waals surface area contributed by atoms with E-state index in [1.807, 2.05) is 0 Å². The molecule has 0 aromatic heterocycles. The highest BCUT2D eigenvalue weighted by Crippen LogP contribution is 2.19. The number of rotatable bonds is 6. The van der Waals surface area contributed by atoms with E-state index in [-0.39, 0.29) is 17.2 Å². The summed E-state index contributed by atoms with van der Waals surface area (Å²) in [5.74, 6) is -0.908. The molecule has 1 aliphatic heterocycles. The van der Waals surface area contributed by atoms with Crippen LogP contribution in [0.2, 0.25) is 0 Å². The fourth-order valence-electron chi connectivity index (χ4n) is 2.67. The van der Waals surface area contributed by atoms with Crippen molar-refractivity contribution in [3.63, 3.8) is 0 Å². The number of carbonyl (C=O) groups is 2. The van der Waals surface area contributed by atoms with Crippen molar-refractivity contribution < 1.29 is 24.2 Å². The highest BCUT2D eigenvalue weighted by molar-refractivity contribution is 6.10. The summed E-state index contributed by atoms with van der Waals surface area (Å²) in [6, 6.07) is 13.0. The van der Waals surface area contributed by atoms with Crippen LogP contribution in [0.25, 0.3) is 0 Å². The molecule has 1 heterocycles. The Labute approximate surface area is 145 Å². The van der Waals surface area contributed by atoms with Gasteiger partial charge in [0, 0.05) is 12.3 Å². The Bertz CT molecular complexity index is 751. The quantitative estimate of drug-likeness (QED) is 0.843. The largest absolute Gasteiger partial charge is 0.491 e. The summed E-state index contributed by atoms with van der Waals surface area (Å²) >= 11 is 0. The van der Waals surface area contributed by atoms with Gasteiger partial charge in [-0.15, -0.1) is 0 Å². The maximum atomic E-state index is 12.3. The van der Waals surface area contributed by atoms with Crippen LogP contribution >= 0.6 is 0 Å². The predicted molar refractivity (Wildman–Crippen MR) is 92.3 cm³/mol. The summed E-state index contributed by atoms with van der Waals surface area (Å²) in [6.45, 7) is 1.30. The number of carboxylic acids is 1. The van der Waals surface area contributed by atoms with Crippen molar-refractivity contribution in [2.45, 2.75) is 18.9 Å². The molecule has 6 nitrogen and oxygen atoms in total. The molecule has 1 aliphatic rings. The second-order valence-corrected chi connectivity index (χ2v) is 5.78. The lowest BCUT2D eigenvalue weighted by Crippen LogP contribution is -2.17. The summed E-state index contributed by atoms with van der Waals surface area (Å²) in [5.41, 5.74) is 0.653. The van der Waals surface area contributed by atoms with Gasteiger partial charge in [-0.3, -0.25) is 4.79 Å². The van der Waals surface area contributed by atoms with E-state index in [0.29, 0.717) is 18.0 Å². The van der Waals surface area contributed by atoms with Crippen LogP contribution in [0.15, 0.2) is 48.5 Å². The van der Waals surface area contributed by atoms with Gasteiger partial charge in [0.2, 0.25) is 0 Å². The Morgan fingerprint density at radius 1 is 1.12 bits per heavy atom. The van der Waals surface area contributed by atoms with E-state index in [0.717, 1.165) is 19.4 Å². The van der Waals surface area contributed by atoms with Crippen molar-refractivity contribution in [3.05, 3.63) is 59.7 Å². The minimum atomic E-state index is -1.14. The van der Waals surface area contributed by atoms with Crippen molar-refractivity contribution in [2.24, 2.45) is 0 Å². The lowest BCUT2D eigenvalue weighted by Gasteiger charge is -2.12. The number of benzene rings is 2. The van der Waals surface area contributed by atoms with Crippen LogP contribution in [0.1, 0.15) is 33.6 Å². The van der Waals surface area contributed by atoms with Crippen LogP contribution in [0.3, 0.4) is 0 Å². The van der Waals surface area contributed by atoms with Gasteiger partial charge >= 0.3 is 5.97 Å². The predicted octanol–water partition coefficient (Wildman–Crippen LogP) is 3.19. The molecular formula is C19H19NO5. The molecule has 0 unspecified atom stereocenters. The van der Waals surface area contributed by atoms with E-state index in [2.05, 4.69) is 5.32 Å². The minimum Gasteiger partial charge on any atom is -0.491 e. The molecule has 0 bridgehead atoms. The first-order valence-corrected chi connectivity index (χ1v) is 8.11. The third-order valence-electron chi connectivity index (χ3n) is 3.97. The standard InChI is InChI=1S/C19H19NO5/c21-18(16-5-1-2-6-17(16)19(22)23)20-13-7-9-14(10-8-13)25-12-15-4-3-11-24-15/h1-2,5-10,15H,3-4,11-12H2,(H,20,21)(H,22,23)/t15-/m1/s1. The zero-order valence-corrected chi connectivity index (χ0v) is 13.6. The molecule has 2 N–H and O–H groups in total. The molecule has 2 aromatic carbocycles. The van der Waals surface area contributed by atoms with Crippen molar-refractivity contribution in [3.8, 4) is 5.75 Å². The molecule has 25 heavy (non-hydrogen) atoms. The molecular weight excluding hydrogens is 322 g/mol. The number of carbonyl (C=O) groups excluding carboxylic acids is 1. The third-order valence-corrected chi connectivity index (χ3v) is 3.97. The Morgan fingerprint density at radius 3 is 2.48 bits per heavy atom. The topological polar surface area (TPSA) is 84.9 Å². The molecule has 2 aromatic rings. The summed E-state index contributed by atoms with van der Waals surface area (Å²) in [4.78, 5) is 23.5. The maximum absolute atomic E-state index is 12.3. The molecule has 1 saturated heterocycles. The summed E-state index contributed by atoms with van der Waals surface area (Å²) in [5, 5.41) is 11.9. The second kappa shape index (κ2) is 7.81. The van der Waals surface area contributed by atoms with E-state index < -0.39 is 11.9 Å². The first kappa shape index (κ1) is 17.0. The number of aromatic carboxylic acids is 1. The van der Waals surface area contributed by atoms with Crippen LogP contribution in [-0.4, -0.2) is 36.3 Å². The fraction of sp³-hybridized carbons (Fsp3) is 0.263. The zero-order chi connectivity index (χ0) is 17.6. The van der Waals surface area contributed by atoms with Gasteiger partial charge in [0.05, 0.1) is 17.2 Å². The highest BCUT2D eigenvalue weighted by atomic mass is 16.5. The number of carboxylic acid groups (broad SMARTS) is 1. The van der Waals surface area contributed by atoms with Gasteiger partial charge in [0.25, 0.3) is 5.91 Å². The van der Waals surface area contributed by atoms with E-state index >= 15 is 0 Å². The number of hydrogen-bond acceptors (Lipinski definition) is 4. The van der Waals surface area contributed by atoms with Gasteiger partial charge in [-0.2, -0.15) is 0 Å². The van der Waals surface area contributed by atoms with Crippen molar-refractivity contribution in [2.75, 3.05) is 18.5 Å². The Morgan fingerprint density at radius 2 is 1.84 bits per heavy atom. The van der Waals surface area contributed by atoms with Crippen molar-refractivity contribution >= 4 is 17.6 Å². The molecule has 0 aliphatic carbocycles. The van der Waals surface area contributed by atoms with Crippen LogP contribution in [0.4, 0.5) is 5.69 Å². The number of hydrogen-bond donors (Lipinski definition) is 2. The summed E-state index contributed by atoms with van der Waals surface area (Å²) < 4.78 is 11.2. The molecule has 6 heteroatoms. The minimum absolute atomic E-state index is 0.0310. The van der Waals surface area contributed by atoms with Gasteiger partial charge < -0.3 is 19.9 Å². The number of anilines is 1. The summed E-state index contributed by atoms with van der Waals surface area (Å²) in [7, 11) is 0. The maximum Gasteiger partial charge on any atom is 0.336 e. The highest BCUT2D eigenvalue weighted by Gasteiger charge is 2.17. The van der Waals surface area contributed by atoms with Crippen molar-refractivity contribution in [1.82, 2.24) is 0 Å². The normalized spacial score (nSPS) is 16.4. The van der Waals surface area contributed by atoms with Crippen molar-refractivity contribution in [1.29, 1.82) is 0 Å². The first-order chi connectivity index (χ1) is 12.1. The van der Waals surface area contributed by atoms with Crippen LogP contribution in [0.5, 0.6) is 5.75 Å². The lowest BCUT2D eigenvalue weighted by atomic mass is 10.1. The smallest absolute Gasteiger partial charge is 0.336 e. The van der Waals surface area contributed by atoms with Gasteiger partial charge in [-0.1, -0.05) is 12.1 Å². The Hall–Kier alpha value is -2.86. The van der Waals surface area contributed by atoms with Gasteiger partial charge in [0.1, 0.15) is 12.4 Å². The van der Waals surface area contributed by atoms with E-state index in [4.69, 9.17) is 14.6 Å². The Balaban J connectivity index is 1.61. The van der Waals surface area contributed by atoms with Crippen LogP contribution in [-0.2, 0) is 4.74 Å². The molecule has 1 atom stereocenters. The molecule has 3 rings (SSSR count). The van der Waals surface area contributed by atoms with E-state index in [1.165, 1.54) is 12.1 Å². The molecule has 1 amide bonds. The SMILES string of the molecule is O=C(O)c1ccccc1C(=O)Nc1ccc(OC[C@H]2CCCO2)cc1. The average Bonchev–Trinajstić information content (AvgIpc) is 3.14.